The molecule has 0 spiro atoms. The van der Waals surface area contributed by atoms with E-state index in [0.29, 0.717) is 21.6 Å². The first kappa shape index (κ1) is 16.0. The number of thiophene rings is 1. The van der Waals surface area contributed by atoms with Crippen molar-refractivity contribution in [2.75, 3.05) is 0 Å². The minimum absolute atomic E-state index is 0.00928. The maximum atomic E-state index is 12.3. The van der Waals surface area contributed by atoms with Gasteiger partial charge in [-0.3, -0.25) is 13.9 Å². The molecule has 0 unspecified atom stereocenters. The zero-order valence-electron chi connectivity index (χ0n) is 11.8. The summed E-state index contributed by atoms with van der Waals surface area (Å²) < 4.78 is 2.46. The van der Waals surface area contributed by atoms with Gasteiger partial charge in [0.15, 0.2) is 0 Å². The van der Waals surface area contributed by atoms with Crippen LogP contribution in [0.4, 0.5) is 0 Å². The van der Waals surface area contributed by atoms with Crippen LogP contribution in [-0.4, -0.2) is 20.2 Å². The first-order chi connectivity index (χ1) is 9.79. The van der Waals surface area contributed by atoms with Crippen molar-refractivity contribution in [3.63, 3.8) is 0 Å². The van der Waals surface area contributed by atoms with Crippen LogP contribution in [0.5, 0.6) is 0 Å². The summed E-state index contributed by atoms with van der Waals surface area (Å²) in [6.07, 6.45) is 0. The molecule has 1 N–H and O–H groups in total. The molecule has 0 aliphatic rings. The fourth-order valence-corrected chi connectivity index (χ4v) is 3.98. The van der Waals surface area contributed by atoms with E-state index < -0.39 is 17.2 Å². The fourth-order valence-electron chi connectivity index (χ4n) is 2.22. The number of nitrogens with zero attached hydrogens (tertiary/aromatic N) is 2. The van der Waals surface area contributed by atoms with Gasteiger partial charge in [-0.05, 0) is 5.92 Å². The Morgan fingerprint density at radius 3 is 2.48 bits per heavy atom. The molecule has 8 heteroatoms. The van der Waals surface area contributed by atoms with Gasteiger partial charge in [-0.15, -0.1) is 11.3 Å². The topological polar surface area (TPSA) is 81.3 Å². The molecule has 6 nitrogen and oxygen atoms in total. The Morgan fingerprint density at radius 2 is 2.00 bits per heavy atom. The van der Waals surface area contributed by atoms with Gasteiger partial charge in [-0.25, -0.2) is 9.59 Å². The molecule has 0 amide bonds. The van der Waals surface area contributed by atoms with E-state index in [1.54, 1.807) is 0 Å². The molecule has 0 aromatic carbocycles. The number of carboxylic acid groups (broad SMARTS) is 1. The molecular formula is C13H15BrN2O4S. The zero-order chi connectivity index (χ0) is 15.9. The molecule has 2 aromatic heterocycles. The van der Waals surface area contributed by atoms with Gasteiger partial charge in [-0.1, -0.05) is 29.8 Å². The highest BCUT2D eigenvalue weighted by Gasteiger charge is 2.24. The summed E-state index contributed by atoms with van der Waals surface area (Å²) in [4.78, 5) is 37.1. The molecule has 2 heterocycles. The van der Waals surface area contributed by atoms with Crippen molar-refractivity contribution < 1.29 is 9.90 Å². The van der Waals surface area contributed by atoms with Gasteiger partial charge in [0.25, 0.3) is 5.56 Å². The summed E-state index contributed by atoms with van der Waals surface area (Å²) in [6.45, 7) is 4.35. The molecule has 0 atom stereocenters. The third-order valence-corrected chi connectivity index (χ3v) is 5.27. The predicted molar refractivity (Wildman–Crippen MR) is 85.8 cm³/mol. The second-order valence-electron chi connectivity index (χ2n) is 5.17. The molecule has 0 fully saturated rings. The quantitative estimate of drug-likeness (QED) is 0.829. The van der Waals surface area contributed by atoms with Crippen LogP contribution in [0.25, 0.3) is 10.2 Å². The van der Waals surface area contributed by atoms with Crippen LogP contribution >= 0.6 is 27.3 Å². The fraction of sp³-hybridized carbons (Fsp3) is 0.462. The van der Waals surface area contributed by atoms with Crippen LogP contribution in [0.15, 0.2) is 9.59 Å². The number of aromatic nitrogens is 2. The molecular weight excluding hydrogens is 360 g/mol. The van der Waals surface area contributed by atoms with Gasteiger partial charge in [-0.2, -0.15) is 0 Å². The van der Waals surface area contributed by atoms with E-state index in [0.717, 1.165) is 4.57 Å². The lowest BCUT2D eigenvalue weighted by molar-refractivity contribution is 0.0698. The van der Waals surface area contributed by atoms with Gasteiger partial charge in [0.1, 0.15) is 4.83 Å². The number of alkyl halides is 1. The van der Waals surface area contributed by atoms with Crippen LogP contribution in [0, 0.1) is 5.92 Å². The highest BCUT2D eigenvalue weighted by molar-refractivity contribution is 9.08. The molecule has 0 saturated heterocycles. The molecule has 0 aliphatic carbocycles. The highest BCUT2D eigenvalue weighted by atomic mass is 79.9. The maximum Gasteiger partial charge on any atom is 0.337 e. The smallest absolute Gasteiger partial charge is 0.337 e. The number of carbonyl (C=O) groups is 1. The monoisotopic (exact) mass is 374 g/mol. The van der Waals surface area contributed by atoms with Crippen molar-refractivity contribution in [1.82, 2.24) is 9.13 Å². The lowest BCUT2D eigenvalue weighted by Gasteiger charge is -2.11. The third kappa shape index (κ3) is 2.57. The van der Waals surface area contributed by atoms with Gasteiger partial charge < -0.3 is 5.11 Å². The number of fused-ring (bicyclic) bond motifs is 1. The van der Waals surface area contributed by atoms with E-state index >= 15 is 0 Å². The Labute approximate surface area is 132 Å². The summed E-state index contributed by atoms with van der Waals surface area (Å²) in [7, 11) is 1.37. The van der Waals surface area contributed by atoms with E-state index in [1.807, 2.05) is 13.8 Å². The molecule has 2 rings (SSSR count). The number of aromatic carboxylic acids is 1. The lowest BCUT2D eigenvalue weighted by atomic mass is 10.2. The zero-order valence-corrected chi connectivity index (χ0v) is 14.2. The van der Waals surface area contributed by atoms with Crippen molar-refractivity contribution in [2.45, 2.75) is 25.7 Å². The minimum atomic E-state index is -1.15. The number of hydrogen-bond acceptors (Lipinski definition) is 4. The highest BCUT2D eigenvalue weighted by Crippen LogP contribution is 2.30. The average molecular weight is 375 g/mol. The second kappa shape index (κ2) is 5.76. The Hall–Kier alpha value is -1.41. The molecule has 0 bridgehead atoms. The van der Waals surface area contributed by atoms with E-state index in [9.17, 15) is 19.5 Å². The van der Waals surface area contributed by atoms with Crippen LogP contribution in [-0.2, 0) is 18.9 Å². The van der Waals surface area contributed by atoms with E-state index in [2.05, 4.69) is 15.9 Å². The summed E-state index contributed by atoms with van der Waals surface area (Å²) in [5.74, 6) is -0.950. The SMILES string of the molecule is CC(C)Cn1c(=O)n(C)c(=O)c2c(C(=O)O)c(CBr)sc21. The van der Waals surface area contributed by atoms with Crippen LogP contribution in [0.3, 0.4) is 0 Å². The largest absolute Gasteiger partial charge is 0.478 e. The van der Waals surface area contributed by atoms with Crippen LogP contribution in [0.2, 0.25) is 0 Å². The van der Waals surface area contributed by atoms with Crippen molar-refractivity contribution in [3.8, 4) is 0 Å². The summed E-state index contributed by atoms with van der Waals surface area (Å²) in [5.41, 5.74) is -0.985. The molecule has 0 aliphatic heterocycles. The predicted octanol–water partition coefficient (Wildman–Crippen LogP) is 2.01. The Bertz CT molecular complexity index is 831. The lowest BCUT2D eigenvalue weighted by Crippen LogP contribution is -2.38. The molecule has 0 radical (unpaired) electrons. The number of carboxylic acids is 1. The van der Waals surface area contributed by atoms with Crippen molar-refractivity contribution in [1.29, 1.82) is 0 Å². The van der Waals surface area contributed by atoms with Gasteiger partial charge in [0.05, 0.1) is 10.9 Å². The third-order valence-electron chi connectivity index (χ3n) is 3.13. The number of rotatable bonds is 4. The molecule has 21 heavy (non-hydrogen) atoms. The minimum Gasteiger partial charge on any atom is -0.478 e. The molecule has 0 saturated carbocycles. The second-order valence-corrected chi connectivity index (χ2v) is 6.81. The van der Waals surface area contributed by atoms with Gasteiger partial charge in [0, 0.05) is 23.8 Å². The van der Waals surface area contributed by atoms with Crippen LogP contribution < -0.4 is 11.2 Å². The van der Waals surface area contributed by atoms with Crippen molar-refractivity contribution in [3.05, 3.63) is 31.3 Å². The number of halogens is 1. The normalized spacial score (nSPS) is 11.5. The summed E-state index contributed by atoms with van der Waals surface area (Å²) in [5, 5.41) is 9.83. The number of hydrogen-bond donors (Lipinski definition) is 1. The summed E-state index contributed by atoms with van der Waals surface area (Å²) in [6, 6.07) is 0. The first-order valence-electron chi connectivity index (χ1n) is 6.34. The Kier molecular flexibility index (Phi) is 4.38. The summed E-state index contributed by atoms with van der Waals surface area (Å²) >= 11 is 4.42. The Morgan fingerprint density at radius 1 is 1.38 bits per heavy atom. The molecule has 2 aromatic rings. The van der Waals surface area contributed by atoms with E-state index in [-0.39, 0.29) is 16.9 Å². The standard InChI is InChI=1S/C13H15BrN2O4S/c1-6(2)5-16-11-9(10(17)15(3)13(16)20)8(12(18)19)7(4-14)21-11/h6H,4-5H2,1-3H3,(H,18,19). The van der Waals surface area contributed by atoms with Crippen molar-refractivity contribution >= 4 is 43.5 Å². The van der Waals surface area contributed by atoms with Crippen molar-refractivity contribution in [2.24, 2.45) is 13.0 Å². The molecule has 114 valence electrons. The van der Waals surface area contributed by atoms with E-state index in [4.69, 9.17) is 0 Å². The average Bonchev–Trinajstić information content (AvgIpc) is 2.80. The first-order valence-corrected chi connectivity index (χ1v) is 8.27. The Balaban J connectivity index is 3.03. The van der Waals surface area contributed by atoms with Crippen LogP contribution in [0.1, 0.15) is 29.1 Å². The van der Waals surface area contributed by atoms with E-state index in [1.165, 1.54) is 23.0 Å². The van der Waals surface area contributed by atoms with Gasteiger partial charge in [0.2, 0.25) is 0 Å². The maximum absolute atomic E-state index is 12.3. The van der Waals surface area contributed by atoms with Gasteiger partial charge >= 0.3 is 11.7 Å².